The molecule has 0 unspecified atom stereocenters. The summed E-state index contributed by atoms with van der Waals surface area (Å²) < 4.78 is 5.04. The number of carbonyl (C=O) groups is 1. The summed E-state index contributed by atoms with van der Waals surface area (Å²) in [6, 6.07) is 10.7. The third kappa shape index (κ3) is 3.67. The number of ether oxygens (including phenoxy) is 1. The van der Waals surface area contributed by atoms with Crippen molar-refractivity contribution in [2.24, 2.45) is 0 Å². The van der Waals surface area contributed by atoms with Crippen LogP contribution in [0.25, 0.3) is 0 Å². The Balaban J connectivity index is 2.37. The molecule has 0 bridgehead atoms. The van der Waals surface area contributed by atoms with Crippen molar-refractivity contribution in [1.29, 1.82) is 0 Å². The van der Waals surface area contributed by atoms with Gasteiger partial charge in [-0.25, -0.2) is 4.79 Å². The largest absolute Gasteiger partial charge is 0.462 e. The van der Waals surface area contributed by atoms with E-state index in [4.69, 9.17) is 22.1 Å². The molecule has 0 radical (unpaired) electrons. The zero-order valence-corrected chi connectivity index (χ0v) is 12.7. The lowest BCUT2D eigenvalue weighted by Crippen LogP contribution is -2.08. The topological polar surface area (TPSA) is 64.3 Å². The van der Waals surface area contributed by atoms with Crippen molar-refractivity contribution in [2.45, 2.75) is 13.8 Å². The van der Waals surface area contributed by atoms with E-state index in [2.05, 4.69) is 5.32 Å². The quantitative estimate of drug-likeness (QED) is 0.658. The van der Waals surface area contributed by atoms with Crippen molar-refractivity contribution in [3.8, 4) is 0 Å². The first kappa shape index (κ1) is 15.2. The Hall–Kier alpha value is -2.20. The number of hydrogen-bond donors (Lipinski definition) is 2. The average molecular weight is 305 g/mol. The molecule has 0 fully saturated rings. The number of halogens is 1. The number of carbonyl (C=O) groups excluding carboxylic acids is 1. The van der Waals surface area contributed by atoms with E-state index < -0.39 is 5.97 Å². The van der Waals surface area contributed by atoms with E-state index >= 15 is 0 Å². The smallest absolute Gasteiger partial charge is 0.340 e. The van der Waals surface area contributed by atoms with E-state index in [1.165, 1.54) is 0 Å². The highest BCUT2D eigenvalue weighted by Crippen LogP contribution is 2.29. The van der Waals surface area contributed by atoms with Crippen LogP contribution in [-0.2, 0) is 4.74 Å². The van der Waals surface area contributed by atoms with Crippen LogP contribution in [0.5, 0.6) is 0 Å². The lowest BCUT2D eigenvalue weighted by molar-refractivity contribution is 0.0527. The number of aryl methyl sites for hydroxylation is 1. The Morgan fingerprint density at radius 1 is 1.24 bits per heavy atom. The summed E-state index contributed by atoms with van der Waals surface area (Å²) in [4.78, 5) is 12.0. The van der Waals surface area contributed by atoms with Gasteiger partial charge in [-0.3, -0.25) is 0 Å². The fourth-order valence-electron chi connectivity index (χ4n) is 1.92. The molecule has 21 heavy (non-hydrogen) atoms. The molecule has 2 aromatic carbocycles. The van der Waals surface area contributed by atoms with Crippen LogP contribution in [-0.4, -0.2) is 12.6 Å². The predicted molar refractivity (Wildman–Crippen MR) is 86.3 cm³/mol. The van der Waals surface area contributed by atoms with E-state index in [0.29, 0.717) is 28.6 Å². The van der Waals surface area contributed by atoms with Crippen molar-refractivity contribution < 1.29 is 9.53 Å². The molecule has 0 heterocycles. The maximum absolute atomic E-state index is 12.0. The minimum atomic E-state index is -0.421. The molecule has 5 heteroatoms. The van der Waals surface area contributed by atoms with E-state index in [0.717, 1.165) is 11.3 Å². The number of anilines is 3. The maximum Gasteiger partial charge on any atom is 0.340 e. The van der Waals surface area contributed by atoms with Crippen LogP contribution in [0, 0.1) is 6.92 Å². The molecule has 0 aliphatic heterocycles. The first-order valence-corrected chi connectivity index (χ1v) is 6.99. The summed E-state index contributed by atoms with van der Waals surface area (Å²) in [5.41, 5.74) is 9.01. The lowest BCUT2D eigenvalue weighted by atomic mass is 10.1. The highest BCUT2D eigenvalue weighted by Gasteiger charge is 2.14. The van der Waals surface area contributed by atoms with Gasteiger partial charge in [0, 0.05) is 5.69 Å². The third-order valence-electron chi connectivity index (χ3n) is 2.93. The summed E-state index contributed by atoms with van der Waals surface area (Å²) in [6.45, 7) is 4.02. The van der Waals surface area contributed by atoms with Crippen LogP contribution >= 0.6 is 11.6 Å². The molecule has 0 aliphatic carbocycles. The number of nitrogens with one attached hydrogen (secondary N) is 1. The predicted octanol–water partition coefficient (Wildman–Crippen LogP) is 4.15. The van der Waals surface area contributed by atoms with Gasteiger partial charge in [0.15, 0.2) is 0 Å². The molecule has 0 spiro atoms. The molecule has 0 saturated heterocycles. The lowest BCUT2D eigenvalue weighted by Gasteiger charge is -2.13. The standard InChI is InChI=1S/C16H17ClN2O2/c1-3-21-16(20)12-9-11(18)5-7-14(12)19-15-6-4-10(2)8-13(15)17/h4-9,19H,3,18H2,1-2H3. The number of nitrogen functional groups attached to an aromatic ring is 1. The van der Waals surface area contributed by atoms with Gasteiger partial charge in [0.25, 0.3) is 0 Å². The Kier molecular flexibility index (Phi) is 4.70. The van der Waals surface area contributed by atoms with Gasteiger partial charge >= 0.3 is 5.97 Å². The van der Waals surface area contributed by atoms with E-state index in [-0.39, 0.29) is 0 Å². The highest BCUT2D eigenvalue weighted by atomic mass is 35.5. The van der Waals surface area contributed by atoms with Crippen molar-refractivity contribution in [3.63, 3.8) is 0 Å². The van der Waals surface area contributed by atoms with Gasteiger partial charge in [0.05, 0.1) is 28.6 Å². The van der Waals surface area contributed by atoms with Crippen molar-refractivity contribution in [1.82, 2.24) is 0 Å². The molecule has 0 amide bonds. The summed E-state index contributed by atoms with van der Waals surface area (Å²) >= 11 is 6.20. The average Bonchev–Trinajstić information content (AvgIpc) is 2.43. The molecule has 4 nitrogen and oxygen atoms in total. The number of esters is 1. The zero-order valence-electron chi connectivity index (χ0n) is 11.9. The Labute approximate surface area is 128 Å². The van der Waals surface area contributed by atoms with Crippen LogP contribution < -0.4 is 11.1 Å². The van der Waals surface area contributed by atoms with Crippen molar-refractivity contribution in [3.05, 3.63) is 52.5 Å². The monoisotopic (exact) mass is 304 g/mol. The van der Waals surface area contributed by atoms with Gasteiger partial charge in [-0.15, -0.1) is 0 Å². The van der Waals surface area contributed by atoms with E-state index in [1.807, 2.05) is 25.1 Å². The summed E-state index contributed by atoms with van der Waals surface area (Å²) in [5, 5.41) is 3.73. The Morgan fingerprint density at radius 2 is 1.95 bits per heavy atom. The normalized spacial score (nSPS) is 10.2. The molecule has 2 aromatic rings. The Bertz CT molecular complexity index is 671. The molecule has 0 saturated carbocycles. The van der Waals surface area contributed by atoms with Crippen molar-refractivity contribution >= 4 is 34.6 Å². The minimum absolute atomic E-state index is 0.304. The summed E-state index contributed by atoms with van der Waals surface area (Å²) in [6.07, 6.45) is 0. The molecule has 2 rings (SSSR count). The molecule has 0 atom stereocenters. The van der Waals surface area contributed by atoms with Gasteiger partial charge in [-0.2, -0.15) is 0 Å². The first-order chi connectivity index (χ1) is 10.0. The van der Waals surface area contributed by atoms with E-state index in [9.17, 15) is 4.79 Å². The maximum atomic E-state index is 12.0. The van der Waals surface area contributed by atoms with Gasteiger partial charge in [-0.1, -0.05) is 17.7 Å². The van der Waals surface area contributed by atoms with Crippen molar-refractivity contribution in [2.75, 3.05) is 17.7 Å². The summed E-state index contributed by atoms with van der Waals surface area (Å²) in [5.74, 6) is -0.421. The van der Waals surface area contributed by atoms with Crippen LogP contribution in [0.2, 0.25) is 5.02 Å². The van der Waals surface area contributed by atoms with Gasteiger partial charge < -0.3 is 15.8 Å². The molecular weight excluding hydrogens is 288 g/mol. The zero-order chi connectivity index (χ0) is 15.4. The minimum Gasteiger partial charge on any atom is -0.462 e. The van der Waals surface area contributed by atoms with Crippen LogP contribution in [0.15, 0.2) is 36.4 Å². The van der Waals surface area contributed by atoms with Gasteiger partial charge in [0.1, 0.15) is 0 Å². The van der Waals surface area contributed by atoms with Crippen LogP contribution in [0.3, 0.4) is 0 Å². The number of hydrogen-bond acceptors (Lipinski definition) is 4. The second-order valence-corrected chi connectivity index (χ2v) is 5.04. The number of benzene rings is 2. The van der Waals surface area contributed by atoms with Gasteiger partial charge in [-0.05, 0) is 49.7 Å². The molecule has 3 N–H and O–H groups in total. The third-order valence-corrected chi connectivity index (χ3v) is 3.25. The van der Waals surface area contributed by atoms with Crippen LogP contribution in [0.4, 0.5) is 17.1 Å². The number of nitrogens with two attached hydrogens (primary N) is 1. The fourth-order valence-corrected chi connectivity index (χ4v) is 2.20. The molecule has 0 aliphatic rings. The molecular formula is C16H17ClN2O2. The molecule has 0 aromatic heterocycles. The number of rotatable bonds is 4. The SMILES string of the molecule is CCOC(=O)c1cc(N)ccc1Nc1ccc(C)cc1Cl. The first-order valence-electron chi connectivity index (χ1n) is 6.61. The second-order valence-electron chi connectivity index (χ2n) is 4.63. The second kappa shape index (κ2) is 6.50. The molecule has 110 valence electrons. The van der Waals surface area contributed by atoms with E-state index in [1.54, 1.807) is 25.1 Å². The van der Waals surface area contributed by atoms with Crippen LogP contribution in [0.1, 0.15) is 22.8 Å². The summed E-state index contributed by atoms with van der Waals surface area (Å²) in [7, 11) is 0. The van der Waals surface area contributed by atoms with Gasteiger partial charge in [0.2, 0.25) is 0 Å². The Morgan fingerprint density at radius 3 is 2.62 bits per heavy atom. The fraction of sp³-hybridized carbons (Fsp3) is 0.188. The highest BCUT2D eigenvalue weighted by molar-refractivity contribution is 6.33.